The Morgan fingerprint density at radius 1 is 1.13 bits per heavy atom. The molecule has 3 aromatic rings. The molecule has 0 radical (unpaired) electrons. The second kappa shape index (κ2) is 8.24. The molecular formula is C24H19ClN2O4. The molecule has 0 bridgehead atoms. The van der Waals surface area contributed by atoms with Crippen LogP contribution in [-0.2, 0) is 9.59 Å². The number of carbonyl (C=O) groups excluding carboxylic acids is 2. The summed E-state index contributed by atoms with van der Waals surface area (Å²) in [5.41, 5.74) is 2.21. The fourth-order valence-corrected chi connectivity index (χ4v) is 3.89. The van der Waals surface area contributed by atoms with Gasteiger partial charge in [0.15, 0.2) is 0 Å². The lowest BCUT2D eigenvalue weighted by molar-refractivity contribution is -0.132. The average molecular weight is 435 g/mol. The van der Waals surface area contributed by atoms with Gasteiger partial charge in [-0.1, -0.05) is 29.8 Å². The minimum atomic E-state index is -0.863. The van der Waals surface area contributed by atoms with Crippen molar-refractivity contribution in [1.29, 1.82) is 0 Å². The third-order valence-corrected chi connectivity index (χ3v) is 5.48. The molecule has 1 unspecified atom stereocenters. The van der Waals surface area contributed by atoms with Gasteiger partial charge < -0.3 is 9.84 Å². The number of halogens is 1. The van der Waals surface area contributed by atoms with Crippen LogP contribution in [0.2, 0.25) is 5.02 Å². The number of pyridine rings is 1. The zero-order valence-electron chi connectivity index (χ0n) is 16.9. The number of amides is 1. The normalized spacial score (nSPS) is 17.8. The number of rotatable bonds is 4. The van der Waals surface area contributed by atoms with E-state index >= 15 is 0 Å². The predicted octanol–water partition coefficient (Wildman–Crippen LogP) is 4.68. The summed E-state index contributed by atoms with van der Waals surface area (Å²) in [6.07, 6.45) is 3.17. The van der Waals surface area contributed by atoms with Gasteiger partial charge in [0.1, 0.15) is 11.5 Å². The van der Waals surface area contributed by atoms with Gasteiger partial charge in [-0.05, 0) is 54.4 Å². The van der Waals surface area contributed by atoms with Crippen LogP contribution in [0.25, 0.3) is 5.76 Å². The topological polar surface area (TPSA) is 79.7 Å². The van der Waals surface area contributed by atoms with Crippen molar-refractivity contribution in [3.8, 4) is 5.75 Å². The van der Waals surface area contributed by atoms with Crippen LogP contribution in [0.3, 0.4) is 0 Å². The number of ketones is 1. The van der Waals surface area contributed by atoms with Crippen molar-refractivity contribution in [2.75, 3.05) is 12.0 Å². The van der Waals surface area contributed by atoms with Gasteiger partial charge in [0.25, 0.3) is 11.7 Å². The predicted molar refractivity (Wildman–Crippen MR) is 118 cm³/mol. The fourth-order valence-electron chi connectivity index (χ4n) is 3.69. The Hall–Kier alpha value is -3.64. The maximum Gasteiger partial charge on any atom is 0.300 e. The van der Waals surface area contributed by atoms with Crippen LogP contribution < -0.4 is 9.64 Å². The quantitative estimate of drug-likeness (QED) is 0.366. The molecule has 1 saturated heterocycles. The van der Waals surface area contributed by atoms with Crippen LogP contribution in [0.5, 0.6) is 5.75 Å². The van der Waals surface area contributed by atoms with Gasteiger partial charge in [-0.25, -0.2) is 0 Å². The van der Waals surface area contributed by atoms with Gasteiger partial charge in [0.05, 0.1) is 23.7 Å². The Morgan fingerprint density at radius 2 is 1.94 bits per heavy atom. The second-order valence-electron chi connectivity index (χ2n) is 7.14. The lowest BCUT2D eigenvalue weighted by atomic mass is 9.96. The van der Waals surface area contributed by atoms with Gasteiger partial charge in [0, 0.05) is 23.6 Å². The highest BCUT2D eigenvalue weighted by Crippen LogP contribution is 2.43. The minimum absolute atomic E-state index is 0.0605. The molecule has 0 saturated carbocycles. The summed E-state index contributed by atoms with van der Waals surface area (Å²) in [6.45, 7) is 1.90. The molecule has 4 rings (SSSR count). The van der Waals surface area contributed by atoms with Crippen molar-refractivity contribution >= 4 is 34.7 Å². The zero-order chi connectivity index (χ0) is 22.1. The molecule has 7 heteroatoms. The number of aliphatic hydroxyl groups is 1. The molecule has 1 aliphatic heterocycles. The van der Waals surface area contributed by atoms with Crippen molar-refractivity contribution in [3.63, 3.8) is 0 Å². The lowest BCUT2D eigenvalue weighted by Crippen LogP contribution is -2.29. The number of ether oxygens (including phenoxy) is 1. The maximum atomic E-state index is 13.1. The Balaban J connectivity index is 1.97. The van der Waals surface area contributed by atoms with Gasteiger partial charge in [-0.3, -0.25) is 19.5 Å². The number of hydrogen-bond donors (Lipinski definition) is 1. The summed E-state index contributed by atoms with van der Waals surface area (Å²) < 4.78 is 5.22. The Bertz CT molecular complexity index is 1210. The standard InChI is InChI=1S/C24H19ClN2O4/c1-14-5-3-7-16(11-14)27-21(15-6-4-10-26-13-15)20(23(29)24(27)30)22(28)18-12-17(31-2)8-9-19(18)25/h3-13,21,28H,1-2H3/b22-20+. The van der Waals surface area contributed by atoms with Gasteiger partial charge in [-0.15, -0.1) is 0 Å². The molecule has 1 N–H and O–H groups in total. The molecular weight excluding hydrogens is 416 g/mol. The number of carbonyl (C=O) groups is 2. The van der Waals surface area contributed by atoms with E-state index in [1.54, 1.807) is 42.7 Å². The van der Waals surface area contributed by atoms with E-state index in [1.807, 2.05) is 25.1 Å². The first-order chi connectivity index (χ1) is 14.9. The van der Waals surface area contributed by atoms with Gasteiger partial charge >= 0.3 is 0 Å². The van der Waals surface area contributed by atoms with Crippen molar-refractivity contribution in [2.24, 2.45) is 0 Å². The number of Topliss-reactive ketones (excluding diaryl/α,β-unsaturated/α-hetero) is 1. The molecule has 1 amide bonds. The smallest absolute Gasteiger partial charge is 0.300 e. The highest BCUT2D eigenvalue weighted by molar-refractivity contribution is 6.52. The number of hydrogen-bond acceptors (Lipinski definition) is 5. The minimum Gasteiger partial charge on any atom is -0.507 e. The van der Waals surface area contributed by atoms with Crippen molar-refractivity contribution in [1.82, 2.24) is 4.98 Å². The van der Waals surface area contributed by atoms with Crippen LogP contribution in [0.4, 0.5) is 5.69 Å². The van der Waals surface area contributed by atoms with Crippen LogP contribution in [-0.4, -0.2) is 28.9 Å². The molecule has 0 aliphatic carbocycles. The maximum absolute atomic E-state index is 13.1. The van der Waals surface area contributed by atoms with E-state index in [1.165, 1.54) is 18.1 Å². The lowest BCUT2D eigenvalue weighted by Gasteiger charge is -2.25. The molecule has 6 nitrogen and oxygen atoms in total. The number of nitrogens with zero attached hydrogens (tertiary/aromatic N) is 2. The summed E-state index contributed by atoms with van der Waals surface area (Å²) in [7, 11) is 1.49. The van der Waals surface area contributed by atoms with Crippen LogP contribution >= 0.6 is 11.6 Å². The zero-order valence-corrected chi connectivity index (χ0v) is 17.6. The van der Waals surface area contributed by atoms with Gasteiger partial charge in [-0.2, -0.15) is 0 Å². The summed E-state index contributed by atoms with van der Waals surface area (Å²) in [5, 5.41) is 11.4. The van der Waals surface area contributed by atoms with Crippen LogP contribution in [0.1, 0.15) is 22.7 Å². The molecule has 1 aliphatic rings. The number of aromatic nitrogens is 1. The first-order valence-corrected chi connectivity index (χ1v) is 9.91. The van der Waals surface area contributed by atoms with E-state index < -0.39 is 17.7 Å². The van der Waals surface area contributed by atoms with Crippen molar-refractivity contribution in [2.45, 2.75) is 13.0 Å². The highest BCUT2D eigenvalue weighted by Gasteiger charge is 2.47. The third-order valence-electron chi connectivity index (χ3n) is 5.15. The van der Waals surface area contributed by atoms with E-state index in [0.717, 1.165) is 5.56 Å². The van der Waals surface area contributed by atoms with E-state index in [0.29, 0.717) is 17.0 Å². The van der Waals surface area contributed by atoms with E-state index in [-0.39, 0.29) is 21.9 Å². The van der Waals surface area contributed by atoms with Crippen molar-refractivity contribution < 1.29 is 19.4 Å². The summed E-state index contributed by atoms with van der Waals surface area (Å²) in [4.78, 5) is 31.8. The number of methoxy groups -OCH3 is 1. The molecule has 1 aromatic heterocycles. The Morgan fingerprint density at radius 3 is 2.61 bits per heavy atom. The molecule has 31 heavy (non-hydrogen) atoms. The Labute approximate surface area is 184 Å². The number of anilines is 1. The summed E-state index contributed by atoms with van der Waals surface area (Å²) in [5.74, 6) is -1.45. The number of aryl methyl sites for hydroxylation is 1. The van der Waals surface area contributed by atoms with E-state index in [2.05, 4.69) is 4.98 Å². The molecule has 156 valence electrons. The molecule has 0 spiro atoms. The summed E-state index contributed by atoms with van der Waals surface area (Å²) in [6, 6.07) is 14.6. The SMILES string of the molecule is COc1ccc(Cl)c(/C(O)=C2\C(=O)C(=O)N(c3cccc(C)c3)C2c2cccnc2)c1. The molecule has 1 fully saturated rings. The Kier molecular flexibility index (Phi) is 5.48. The second-order valence-corrected chi connectivity index (χ2v) is 7.55. The number of aliphatic hydroxyl groups excluding tert-OH is 1. The van der Waals surface area contributed by atoms with Crippen LogP contribution in [0.15, 0.2) is 72.6 Å². The van der Waals surface area contributed by atoms with Crippen molar-refractivity contribution in [3.05, 3.63) is 94.3 Å². The monoisotopic (exact) mass is 434 g/mol. The summed E-state index contributed by atoms with van der Waals surface area (Å²) >= 11 is 6.31. The fraction of sp³-hybridized carbons (Fsp3) is 0.125. The van der Waals surface area contributed by atoms with E-state index in [4.69, 9.17) is 16.3 Å². The highest BCUT2D eigenvalue weighted by atomic mass is 35.5. The largest absolute Gasteiger partial charge is 0.507 e. The average Bonchev–Trinajstić information content (AvgIpc) is 3.05. The molecule has 2 aromatic carbocycles. The first kappa shape index (κ1) is 20.6. The third kappa shape index (κ3) is 3.66. The molecule has 2 heterocycles. The first-order valence-electron chi connectivity index (χ1n) is 9.54. The molecule has 1 atom stereocenters. The van der Waals surface area contributed by atoms with E-state index in [9.17, 15) is 14.7 Å². The van der Waals surface area contributed by atoms with Gasteiger partial charge in [0.2, 0.25) is 0 Å². The van der Waals surface area contributed by atoms with Crippen LogP contribution in [0, 0.1) is 6.92 Å². The number of benzene rings is 2.